The quantitative estimate of drug-likeness (QED) is 0.473. The summed E-state index contributed by atoms with van der Waals surface area (Å²) >= 11 is 18.5. The van der Waals surface area contributed by atoms with Crippen molar-refractivity contribution < 1.29 is 0 Å². The van der Waals surface area contributed by atoms with Crippen molar-refractivity contribution in [2.75, 3.05) is 0 Å². The lowest BCUT2D eigenvalue weighted by molar-refractivity contribution is 1.74. The number of halogens is 3. The van der Waals surface area contributed by atoms with Crippen LogP contribution in [0.5, 0.6) is 0 Å². The highest BCUT2D eigenvalue weighted by Crippen LogP contribution is 2.39. The molecule has 0 saturated carbocycles. The van der Waals surface area contributed by atoms with Crippen molar-refractivity contribution in [3.8, 4) is 0 Å². The molecule has 0 saturated heterocycles. The van der Waals surface area contributed by atoms with E-state index in [9.17, 15) is 0 Å². The van der Waals surface area contributed by atoms with Gasteiger partial charge in [-0.3, -0.25) is 0 Å². The van der Waals surface area contributed by atoms with Crippen LogP contribution in [-0.4, -0.2) is 0 Å². The lowest BCUT2D eigenvalue weighted by Crippen LogP contribution is -1.81. The zero-order chi connectivity index (χ0) is 12.0. The van der Waals surface area contributed by atoms with E-state index in [2.05, 4.69) is 12.1 Å². The minimum absolute atomic E-state index is 0.389. The number of hydrogen-bond donors (Lipinski definition) is 0. The lowest BCUT2D eigenvalue weighted by Gasteiger charge is -2.08. The van der Waals surface area contributed by atoms with Crippen LogP contribution in [0.1, 0.15) is 0 Å². The third-order valence-corrected chi connectivity index (χ3v) is 3.89. The van der Waals surface area contributed by atoms with Gasteiger partial charge in [0.25, 0.3) is 0 Å². The molecule has 0 aliphatic rings. The van der Waals surface area contributed by atoms with Gasteiger partial charge in [-0.15, -0.1) is 0 Å². The average Bonchev–Trinajstić information content (AvgIpc) is 2.34. The molecule has 3 heteroatoms. The maximum Gasteiger partial charge on any atom is 0.0692 e. The fourth-order valence-electron chi connectivity index (χ4n) is 1.91. The molecule has 0 heterocycles. The first-order valence-corrected chi connectivity index (χ1v) is 6.09. The zero-order valence-electron chi connectivity index (χ0n) is 8.52. The first-order chi connectivity index (χ1) is 8.18. The van der Waals surface area contributed by atoms with E-state index in [1.807, 2.05) is 24.3 Å². The van der Waals surface area contributed by atoms with Crippen molar-refractivity contribution in [1.82, 2.24) is 0 Å². The Balaban J connectivity index is 2.60. The van der Waals surface area contributed by atoms with Gasteiger partial charge in [-0.05, 0) is 35.0 Å². The van der Waals surface area contributed by atoms with E-state index in [0.29, 0.717) is 15.1 Å². The molecule has 0 atom stereocenters. The highest BCUT2D eigenvalue weighted by molar-refractivity contribution is 6.49. The maximum absolute atomic E-state index is 6.37. The van der Waals surface area contributed by atoms with Gasteiger partial charge in [-0.25, -0.2) is 0 Å². The Morgan fingerprint density at radius 3 is 2.59 bits per heavy atom. The third-order valence-electron chi connectivity index (χ3n) is 2.72. The molecule has 0 nitrogen and oxygen atoms in total. The summed E-state index contributed by atoms with van der Waals surface area (Å²) in [5.41, 5.74) is 0. The summed E-state index contributed by atoms with van der Waals surface area (Å²) in [7, 11) is 0. The standard InChI is InChI=1S/C14H5Cl3/c15-11-6-5-9-7-8-3-1-2-4-10(8)13(16)12(9)14(11)17/h1,3-5,7H. The van der Waals surface area contributed by atoms with Gasteiger partial charge in [0.05, 0.1) is 15.1 Å². The van der Waals surface area contributed by atoms with Gasteiger partial charge in [-0.1, -0.05) is 46.9 Å². The van der Waals surface area contributed by atoms with Crippen molar-refractivity contribution >= 4 is 56.3 Å². The number of benzene rings is 3. The summed E-state index contributed by atoms with van der Waals surface area (Å²) in [5, 5.41) is 5.11. The molecule has 17 heavy (non-hydrogen) atoms. The Bertz CT molecular complexity index is 732. The summed E-state index contributed by atoms with van der Waals surface area (Å²) in [6, 6.07) is 15.4. The minimum atomic E-state index is 0.389. The number of rotatable bonds is 0. The summed E-state index contributed by atoms with van der Waals surface area (Å²) in [6.45, 7) is 0. The van der Waals surface area contributed by atoms with E-state index in [1.165, 1.54) is 0 Å². The zero-order valence-corrected chi connectivity index (χ0v) is 10.8. The van der Waals surface area contributed by atoms with E-state index in [4.69, 9.17) is 34.8 Å². The van der Waals surface area contributed by atoms with Crippen LogP contribution in [0.4, 0.5) is 0 Å². The topological polar surface area (TPSA) is 0 Å². The van der Waals surface area contributed by atoms with Gasteiger partial charge in [0.1, 0.15) is 0 Å². The molecule has 0 N–H and O–H groups in total. The molecule has 0 amide bonds. The molecule has 0 aliphatic carbocycles. The summed E-state index contributed by atoms with van der Waals surface area (Å²) in [5.74, 6) is 0. The van der Waals surface area contributed by atoms with Crippen LogP contribution in [0.2, 0.25) is 15.1 Å². The van der Waals surface area contributed by atoms with Gasteiger partial charge in [-0.2, -0.15) is 0 Å². The van der Waals surface area contributed by atoms with Crippen LogP contribution in [-0.2, 0) is 0 Å². The molecule has 3 aromatic rings. The molecule has 3 rings (SSSR count). The summed E-state index contributed by atoms with van der Waals surface area (Å²) in [4.78, 5) is 0. The van der Waals surface area contributed by atoms with Gasteiger partial charge in [0.2, 0.25) is 0 Å². The van der Waals surface area contributed by atoms with Gasteiger partial charge in [0, 0.05) is 16.8 Å². The smallest absolute Gasteiger partial charge is 0.0692 e. The molecular formula is C14H5Cl3. The van der Waals surface area contributed by atoms with Crippen LogP contribution in [0.25, 0.3) is 21.5 Å². The Labute approximate surface area is 114 Å². The SMILES string of the molecule is Clc1[c]cc2cc3cc[c]cc3c(Cl)c2c1Cl. The summed E-state index contributed by atoms with van der Waals surface area (Å²) in [6.07, 6.45) is 0. The van der Waals surface area contributed by atoms with Crippen molar-refractivity contribution in [2.45, 2.75) is 0 Å². The monoisotopic (exact) mass is 278 g/mol. The molecule has 82 valence electrons. The van der Waals surface area contributed by atoms with E-state index in [0.717, 1.165) is 21.5 Å². The first kappa shape index (κ1) is 11.2. The molecule has 0 fully saturated rings. The molecule has 3 aromatic carbocycles. The minimum Gasteiger partial charge on any atom is -0.0829 e. The highest BCUT2D eigenvalue weighted by atomic mass is 35.5. The van der Waals surface area contributed by atoms with E-state index < -0.39 is 0 Å². The average molecular weight is 280 g/mol. The fraction of sp³-hybridized carbons (Fsp3) is 0. The van der Waals surface area contributed by atoms with Crippen LogP contribution < -0.4 is 0 Å². The lowest BCUT2D eigenvalue weighted by atomic mass is 10.0. The Morgan fingerprint density at radius 2 is 1.76 bits per heavy atom. The van der Waals surface area contributed by atoms with Crippen LogP contribution >= 0.6 is 34.8 Å². The normalized spacial score (nSPS) is 11.2. The second-order valence-electron chi connectivity index (χ2n) is 3.72. The molecule has 0 bridgehead atoms. The summed E-state index contributed by atoms with van der Waals surface area (Å²) < 4.78 is 0. The van der Waals surface area contributed by atoms with E-state index in [-0.39, 0.29) is 0 Å². The Kier molecular flexibility index (Phi) is 2.67. The maximum atomic E-state index is 6.37. The third kappa shape index (κ3) is 1.68. The van der Waals surface area contributed by atoms with Gasteiger partial charge in [0.15, 0.2) is 0 Å². The van der Waals surface area contributed by atoms with Gasteiger partial charge >= 0.3 is 0 Å². The Hall–Kier alpha value is -0.950. The largest absolute Gasteiger partial charge is 0.0829 e. The molecule has 0 unspecified atom stereocenters. The Morgan fingerprint density at radius 1 is 0.941 bits per heavy atom. The predicted octanol–water partition coefficient (Wildman–Crippen LogP) is 5.55. The van der Waals surface area contributed by atoms with Crippen LogP contribution in [0.15, 0.2) is 30.3 Å². The van der Waals surface area contributed by atoms with Crippen molar-refractivity contribution in [3.63, 3.8) is 0 Å². The number of fused-ring (bicyclic) bond motifs is 2. The molecule has 0 aromatic heterocycles. The molecule has 2 radical (unpaired) electrons. The van der Waals surface area contributed by atoms with E-state index in [1.54, 1.807) is 6.07 Å². The van der Waals surface area contributed by atoms with Crippen LogP contribution in [0.3, 0.4) is 0 Å². The second kappa shape index (κ2) is 4.06. The van der Waals surface area contributed by atoms with Crippen molar-refractivity contribution in [1.29, 1.82) is 0 Å². The number of hydrogen-bond acceptors (Lipinski definition) is 0. The molecular weight excluding hydrogens is 275 g/mol. The van der Waals surface area contributed by atoms with Crippen molar-refractivity contribution in [3.05, 3.63) is 57.5 Å². The second-order valence-corrected chi connectivity index (χ2v) is 4.85. The highest BCUT2D eigenvalue weighted by Gasteiger charge is 2.11. The molecule has 0 aliphatic heterocycles. The van der Waals surface area contributed by atoms with Crippen molar-refractivity contribution in [2.24, 2.45) is 0 Å². The predicted molar refractivity (Wildman–Crippen MR) is 74.2 cm³/mol. The van der Waals surface area contributed by atoms with E-state index >= 15 is 0 Å². The van der Waals surface area contributed by atoms with Gasteiger partial charge < -0.3 is 0 Å². The first-order valence-electron chi connectivity index (χ1n) is 4.96. The fourth-order valence-corrected chi connectivity index (χ4v) is 2.73. The van der Waals surface area contributed by atoms with Crippen LogP contribution in [0, 0.1) is 12.1 Å². The molecule has 0 spiro atoms.